The van der Waals surface area contributed by atoms with E-state index >= 15 is 0 Å². The highest BCUT2D eigenvalue weighted by Gasteiger charge is 2.48. The molecular formula is C23H20ClF6N5O6S. The van der Waals surface area contributed by atoms with Crippen LogP contribution in [0.15, 0.2) is 35.4 Å². The summed E-state index contributed by atoms with van der Waals surface area (Å²) in [7, 11) is -3.67. The summed E-state index contributed by atoms with van der Waals surface area (Å²) in [5.74, 6) is -4.77. The zero-order valence-corrected chi connectivity index (χ0v) is 23.0. The number of aryl methyl sites for hydroxylation is 2. The second kappa shape index (κ2) is 11.6. The highest BCUT2D eigenvalue weighted by Crippen LogP contribution is 2.40. The van der Waals surface area contributed by atoms with E-state index in [4.69, 9.17) is 11.6 Å². The molecule has 1 aliphatic rings. The van der Waals surface area contributed by atoms with Crippen molar-refractivity contribution in [3.63, 3.8) is 0 Å². The molecule has 1 N–H and O–H groups in total. The standard InChI is InChI=1S/C23H20ClF6N5O6S/c1-11-14(4-5-15-17(11)20(36)33(2)10-31-15)32-19-13(25)3-6-16(18(19)24)35(41-21(37)23(28,29)30)42(38,39)34-7-12(8-34)9-40-22(26)27/h3-6,10,12,22,32H,7-9H2,1-2H3. The number of rotatable bonds is 9. The van der Waals surface area contributed by atoms with Gasteiger partial charge in [0.25, 0.3) is 5.56 Å². The number of fused-ring (bicyclic) bond motifs is 1. The SMILES string of the molecule is Cc1c(Nc2c(F)ccc(N(OC(=O)C(F)(F)F)S(=O)(=O)N3CC(COC(F)F)C3)c2Cl)ccc2ncn(C)c(=O)c12. The van der Waals surface area contributed by atoms with Crippen LogP contribution in [0, 0.1) is 18.7 Å². The molecule has 0 saturated carbocycles. The molecule has 1 aromatic heterocycles. The lowest BCUT2D eigenvalue weighted by Crippen LogP contribution is -2.57. The number of nitrogens with one attached hydrogen (secondary N) is 1. The summed E-state index contributed by atoms with van der Waals surface area (Å²) < 4.78 is 111. The molecule has 2 aromatic carbocycles. The largest absolute Gasteiger partial charge is 0.493 e. The summed E-state index contributed by atoms with van der Waals surface area (Å²) >= 11 is 6.29. The van der Waals surface area contributed by atoms with Gasteiger partial charge in [0.15, 0.2) is 0 Å². The van der Waals surface area contributed by atoms with E-state index < -0.39 is 86.8 Å². The average Bonchev–Trinajstić information content (AvgIpc) is 2.86. The van der Waals surface area contributed by atoms with Crippen LogP contribution in [0.5, 0.6) is 0 Å². The molecular weight excluding hydrogens is 624 g/mol. The Labute approximate surface area is 238 Å². The maximum atomic E-state index is 15.0. The van der Waals surface area contributed by atoms with Crippen molar-refractivity contribution in [1.29, 1.82) is 0 Å². The number of halogens is 7. The second-order valence-electron chi connectivity index (χ2n) is 9.06. The Morgan fingerprint density at radius 1 is 1.24 bits per heavy atom. The third-order valence-corrected chi connectivity index (χ3v) is 8.21. The Morgan fingerprint density at radius 3 is 2.52 bits per heavy atom. The van der Waals surface area contributed by atoms with Crippen LogP contribution in [-0.2, 0) is 31.6 Å². The number of benzene rings is 2. The van der Waals surface area contributed by atoms with E-state index in [1.807, 2.05) is 0 Å². The van der Waals surface area contributed by atoms with E-state index in [-0.39, 0.29) is 16.6 Å². The monoisotopic (exact) mass is 643 g/mol. The fourth-order valence-electron chi connectivity index (χ4n) is 4.00. The Hall–Kier alpha value is -3.61. The fourth-order valence-corrected chi connectivity index (χ4v) is 5.90. The van der Waals surface area contributed by atoms with Gasteiger partial charge < -0.3 is 19.5 Å². The first-order chi connectivity index (χ1) is 19.5. The van der Waals surface area contributed by atoms with Crippen LogP contribution in [-0.4, -0.2) is 60.7 Å². The first kappa shape index (κ1) is 31.3. The molecule has 1 aliphatic heterocycles. The summed E-state index contributed by atoms with van der Waals surface area (Å²) in [5, 5.41) is 1.94. The first-order valence-corrected chi connectivity index (χ1v) is 13.5. The molecule has 1 saturated heterocycles. The van der Waals surface area contributed by atoms with E-state index in [0.717, 1.165) is 0 Å². The van der Waals surface area contributed by atoms with Gasteiger partial charge >= 0.3 is 29.0 Å². The molecule has 0 atom stereocenters. The number of anilines is 3. The van der Waals surface area contributed by atoms with Crippen molar-refractivity contribution in [1.82, 2.24) is 13.9 Å². The lowest BCUT2D eigenvalue weighted by molar-refractivity contribution is -0.199. The fraction of sp³-hybridized carbons (Fsp3) is 0.348. The van der Waals surface area contributed by atoms with Crippen molar-refractivity contribution in [3.05, 3.63) is 57.3 Å². The van der Waals surface area contributed by atoms with E-state index in [9.17, 15) is 44.3 Å². The maximum absolute atomic E-state index is 15.0. The van der Waals surface area contributed by atoms with Crippen LogP contribution in [0.1, 0.15) is 5.56 Å². The van der Waals surface area contributed by atoms with Crippen LogP contribution in [0.3, 0.4) is 0 Å². The Morgan fingerprint density at radius 2 is 1.90 bits per heavy atom. The van der Waals surface area contributed by atoms with Gasteiger partial charge in [0, 0.05) is 31.7 Å². The zero-order valence-electron chi connectivity index (χ0n) is 21.5. The molecule has 2 heterocycles. The summed E-state index contributed by atoms with van der Waals surface area (Å²) in [6, 6.07) is 4.15. The normalized spacial score (nSPS) is 14.7. The zero-order chi connectivity index (χ0) is 31.1. The Kier molecular flexibility index (Phi) is 8.64. The Bertz CT molecular complexity index is 1700. The van der Waals surface area contributed by atoms with Gasteiger partial charge in [-0.15, -0.1) is 0 Å². The van der Waals surface area contributed by atoms with Crippen LogP contribution < -0.4 is 15.3 Å². The molecule has 0 radical (unpaired) electrons. The van der Waals surface area contributed by atoms with Crippen LogP contribution in [0.4, 0.5) is 43.4 Å². The predicted molar refractivity (Wildman–Crippen MR) is 137 cm³/mol. The van der Waals surface area contributed by atoms with Gasteiger partial charge in [-0.25, -0.2) is 14.2 Å². The van der Waals surface area contributed by atoms with Gasteiger partial charge in [-0.2, -0.15) is 34.7 Å². The van der Waals surface area contributed by atoms with Crippen molar-refractivity contribution in [2.24, 2.45) is 13.0 Å². The van der Waals surface area contributed by atoms with Crippen molar-refractivity contribution >= 4 is 55.7 Å². The third-order valence-electron chi connectivity index (χ3n) is 6.19. The van der Waals surface area contributed by atoms with Crippen molar-refractivity contribution in [2.75, 3.05) is 29.5 Å². The van der Waals surface area contributed by atoms with E-state index in [2.05, 4.69) is 19.9 Å². The molecule has 0 aliphatic carbocycles. The number of alkyl halides is 5. The molecule has 19 heteroatoms. The molecule has 0 unspecified atom stereocenters. The lowest BCUT2D eigenvalue weighted by atomic mass is 10.1. The quantitative estimate of drug-likeness (QED) is 0.274. The van der Waals surface area contributed by atoms with Gasteiger partial charge in [-0.3, -0.25) is 4.79 Å². The lowest BCUT2D eigenvalue weighted by Gasteiger charge is -2.40. The molecule has 42 heavy (non-hydrogen) atoms. The van der Waals surface area contributed by atoms with Gasteiger partial charge in [0.2, 0.25) is 0 Å². The number of carbonyl (C=O) groups excluding carboxylic acids is 1. The van der Waals surface area contributed by atoms with E-state index in [0.29, 0.717) is 22.0 Å². The first-order valence-electron chi connectivity index (χ1n) is 11.7. The second-order valence-corrected chi connectivity index (χ2v) is 11.2. The molecule has 3 aromatic rings. The summed E-state index contributed by atoms with van der Waals surface area (Å²) in [4.78, 5) is 32.7. The highest BCUT2D eigenvalue weighted by atomic mass is 35.5. The van der Waals surface area contributed by atoms with Crippen LogP contribution in [0.2, 0.25) is 5.02 Å². The molecule has 0 amide bonds. The van der Waals surface area contributed by atoms with Gasteiger partial charge in [-0.05, 0) is 36.8 Å². The predicted octanol–water partition coefficient (Wildman–Crippen LogP) is 4.02. The number of hydrogen-bond donors (Lipinski definition) is 1. The van der Waals surface area contributed by atoms with Crippen molar-refractivity contribution < 1.29 is 49.1 Å². The van der Waals surface area contributed by atoms with Crippen LogP contribution in [0.25, 0.3) is 10.9 Å². The summed E-state index contributed by atoms with van der Waals surface area (Å²) in [5.41, 5.74) is -1.26. The van der Waals surface area contributed by atoms with E-state index in [1.165, 1.54) is 37.0 Å². The number of carbonyl (C=O) groups is 1. The number of ether oxygens (including phenoxy) is 1. The summed E-state index contributed by atoms with van der Waals surface area (Å²) in [6.07, 6.45) is -4.35. The molecule has 1 fully saturated rings. The Balaban J connectivity index is 1.74. The molecule has 0 bridgehead atoms. The molecule has 11 nitrogen and oxygen atoms in total. The maximum Gasteiger partial charge on any atom is 0.493 e. The number of aromatic nitrogens is 2. The molecule has 0 spiro atoms. The minimum absolute atomic E-state index is 0.108. The van der Waals surface area contributed by atoms with Gasteiger partial charge in [0.05, 0.1) is 34.5 Å². The number of nitrogens with zero attached hydrogens (tertiary/aromatic N) is 4. The molecule has 228 valence electrons. The van der Waals surface area contributed by atoms with Crippen LogP contribution >= 0.6 is 11.6 Å². The van der Waals surface area contributed by atoms with Gasteiger partial charge in [-0.1, -0.05) is 16.1 Å². The smallest absolute Gasteiger partial charge is 0.352 e. The minimum atomic E-state index is -5.65. The van der Waals surface area contributed by atoms with Gasteiger partial charge in [0.1, 0.15) is 11.5 Å². The van der Waals surface area contributed by atoms with E-state index in [1.54, 1.807) is 0 Å². The molecule has 4 rings (SSSR count). The topological polar surface area (TPSA) is 123 Å². The summed E-state index contributed by atoms with van der Waals surface area (Å²) in [6.45, 7) is -3.13. The highest BCUT2D eigenvalue weighted by molar-refractivity contribution is 7.90. The minimum Gasteiger partial charge on any atom is -0.352 e. The number of hydrogen-bond acceptors (Lipinski definition) is 8. The third kappa shape index (κ3) is 6.11. The average molecular weight is 644 g/mol. The van der Waals surface area contributed by atoms with Crippen molar-refractivity contribution in [2.45, 2.75) is 19.7 Å². The van der Waals surface area contributed by atoms with Crippen molar-refractivity contribution in [3.8, 4) is 0 Å².